The first kappa shape index (κ1) is 23.5. The van der Waals surface area contributed by atoms with E-state index < -0.39 is 28.4 Å². The minimum Gasteiger partial charge on any atom is -0.490 e. The van der Waals surface area contributed by atoms with Crippen LogP contribution in [0.4, 0.5) is 5.69 Å². The van der Waals surface area contributed by atoms with Crippen LogP contribution < -0.4 is 24.2 Å². The van der Waals surface area contributed by atoms with Crippen LogP contribution in [0.3, 0.4) is 0 Å². The van der Waals surface area contributed by atoms with Crippen molar-refractivity contribution in [1.29, 1.82) is 0 Å². The molecule has 0 spiro atoms. The Bertz CT molecular complexity index is 1230. The van der Waals surface area contributed by atoms with Crippen LogP contribution in [0.5, 0.6) is 17.2 Å². The number of carbonyl (C=O) groups excluding carboxylic acids is 3. The predicted molar refractivity (Wildman–Crippen MR) is 118 cm³/mol. The molecule has 4 rings (SSSR count). The van der Waals surface area contributed by atoms with Crippen molar-refractivity contribution in [3.05, 3.63) is 42.0 Å². The molecule has 0 radical (unpaired) electrons. The van der Waals surface area contributed by atoms with Crippen molar-refractivity contribution in [3.63, 3.8) is 0 Å². The molecule has 0 unspecified atom stereocenters. The van der Waals surface area contributed by atoms with Gasteiger partial charge in [-0.3, -0.25) is 14.4 Å². The van der Waals surface area contributed by atoms with E-state index >= 15 is 0 Å². The summed E-state index contributed by atoms with van der Waals surface area (Å²) in [4.78, 5) is 35.7. The van der Waals surface area contributed by atoms with Gasteiger partial charge >= 0.3 is 5.97 Å². The summed E-state index contributed by atoms with van der Waals surface area (Å²) in [5, 5.41) is 2.59. The lowest BCUT2D eigenvalue weighted by atomic mass is 10.1. The van der Waals surface area contributed by atoms with Gasteiger partial charge in [-0.2, -0.15) is 0 Å². The van der Waals surface area contributed by atoms with Gasteiger partial charge in [0, 0.05) is 24.6 Å². The zero-order valence-electron chi connectivity index (χ0n) is 18.0. The minimum absolute atomic E-state index is 0.0243. The summed E-state index contributed by atoms with van der Waals surface area (Å²) in [6.45, 7) is 0.0610. The lowest BCUT2D eigenvalue weighted by Gasteiger charge is -2.18. The van der Waals surface area contributed by atoms with E-state index in [1.54, 1.807) is 0 Å². The van der Waals surface area contributed by atoms with Crippen LogP contribution in [-0.2, 0) is 24.3 Å². The molecule has 2 aromatic rings. The highest BCUT2D eigenvalue weighted by Gasteiger charge is 2.20. The van der Waals surface area contributed by atoms with E-state index in [0.717, 1.165) is 0 Å². The van der Waals surface area contributed by atoms with Gasteiger partial charge in [0.1, 0.15) is 5.75 Å². The van der Waals surface area contributed by atoms with Crippen LogP contribution in [0, 0.1) is 0 Å². The predicted octanol–water partition coefficient (Wildman–Crippen LogP) is 1.27. The van der Waals surface area contributed by atoms with Gasteiger partial charge in [0.15, 0.2) is 30.5 Å². The summed E-state index contributed by atoms with van der Waals surface area (Å²) in [6, 6.07) is 8.75. The Morgan fingerprint density at radius 1 is 1.00 bits per heavy atom. The van der Waals surface area contributed by atoms with Crippen molar-refractivity contribution in [2.24, 2.45) is 0 Å². The van der Waals surface area contributed by atoms with Crippen molar-refractivity contribution in [2.45, 2.75) is 17.7 Å². The first-order valence-corrected chi connectivity index (χ1v) is 11.9. The van der Waals surface area contributed by atoms with Gasteiger partial charge < -0.3 is 24.3 Å². The highest BCUT2D eigenvalue weighted by Crippen LogP contribution is 2.32. The maximum absolute atomic E-state index is 12.5. The molecule has 0 aliphatic carbocycles. The number of carbonyl (C=O) groups is 3. The Balaban J connectivity index is 1.26. The lowest BCUT2D eigenvalue weighted by Crippen LogP contribution is -2.27. The van der Waals surface area contributed by atoms with Crippen molar-refractivity contribution >= 4 is 33.4 Å². The molecule has 0 fully saturated rings. The maximum atomic E-state index is 12.5. The number of ketones is 1. The molecule has 2 N–H and O–H groups in total. The molecule has 11 nitrogen and oxygen atoms in total. The number of anilines is 1. The molecule has 0 saturated heterocycles. The molecule has 1 amide bonds. The van der Waals surface area contributed by atoms with Crippen LogP contribution in [0.15, 0.2) is 41.3 Å². The van der Waals surface area contributed by atoms with Gasteiger partial charge in [-0.05, 0) is 30.3 Å². The van der Waals surface area contributed by atoms with Crippen molar-refractivity contribution in [2.75, 3.05) is 38.3 Å². The molecule has 180 valence electrons. The molecule has 34 heavy (non-hydrogen) atoms. The molecular weight excluding hydrogens is 468 g/mol. The number of Topliss-reactive ketones (excluding diaryl/α,β-unsaturated/α-hetero) is 1. The smallest absolute Gasteiger partial charge is 0.307 e. The SMILES string of the molecule is O=C1COc2ccc(C(=O)COC(=O)CCNS(=O)(=O)c3ccc4c(c3)OCCCO4)cc2N1. The van der Waals surface area contributed by atoms with Crippen LogP contribution in [-0.4, -0.2) is 59.0 Å². The fourth-order valence-corrected chi connectivity index (χ4v) is 4.29. The van der Waals surface area contributed by atoms with Crippen LogP contribution in [0.1, 0.15) is 23.2 Å². The van der Waals surface area contributed by atoms with Gasteiger partial charge in [-0.15, -0.1) is 0 Å². The minimum atomic E-state index is -3.90. The topological polar surface area (TPSA) is 146 Å². The number of nitrogens with one attached hydrogen (secondary N) is 2. The number of sulfonamides is 1. The lowest BCUT2D eigenvalue weighted by molar-refractivity contribution is -0.142. The Hall–Kier alpha value is -3.64. The van der Waals surface area contributed by atoms with E-state index in [2.05, 4.69) is 10.0 Å². The van der Waals surface area contributed by atoms with Crippen LogP contribution >= 0.6 is 0 Å². The molecule has 2 aliphatic heterocycles. The highest BCUT2D eigenvalue weighted by atomic mass is 32.2. The first-order chi connectivity index (χ1) is 16.3. The van der Waals surface area contributed by atoms with E-state index in [1.807, 2.05) is 0 Å². The zero-order chi connectivity index (χ0) is 24.1. The largest absolute Gasteiger partial charge is 0.490 e. The molecular formula is C22H22N2O9S. The molecule has 12 heteroatoms. The third-order valence-electron chi connectivity index (χ3n) is 4.95. The number of fused-ring (bicyclic) bond motifs is 2. The second-order valence-electron chi connectivity index (χ2n) is 7.44. The fraction of sp³-hybridized carbons (Fsp3) is 0.318. The number of amides is 1. The third kappa shape index (κ3) is 5.64. The van der Waals surface area contributed by atoms with Gasteiger partial charge in [-0.1, -0.05) is 0 Å². The molecule has 2 aliphatic rings. The van der Waals surface area contributed by atoms with Crippen LogP contribution in [0.2, 0.25) is 0 Å². The number of hydrogen-bond acceptors (Lipinski definition) is 9. The van der Waals surface area contributed by atoms with Gasteiger partial charge in [0.2, 0.25) is 10.0 Å². The zero-order valence-corrected chi connectivity index (χ0v) is 18.8. The molecule has 0 bridgehead atoms. The molecule has 2 aromatic carbocycles. The van der Waals surface area contributed by atoms with E-state index in [9.17, 15) is 22.8 Å². The van der Waals surface area contributed by atoms with Gasteiger partial charge in [0.25, 0.3) is 5.91 Å². The summed E-state index contributed by atoms with van der Waals surface area (Å²) < 4.78 is 48.5. The van der Waals surface area contributed by atoms with Crippen molar-refractivity contribution in [1.82, 2.24) is 4.72 Å². The third-order valence-corrected chi connectivity index (χ3v) is 6.41. The fourth-order valence-electron chi connectivity index (χ4n) is 3.24. The van der Waals surface area contributed by atoms with Gasteiger partial charge in [0.05, 0.1) is 30.2 Å². The summed E-state index contributed by atoms with van der Waals surface area (Å²) in [5.41, 5.74) is 0.588. The van der Waals surface area contributed by atoms with E-state index in [1.165, 1.54) is 36.4 Å². The number of esters is 1. The number of benzene rings is 2. The number of hydrogen-bond donors (Lipinski definition) is 2. The van der Waals surface area contributed by atoms with E-state index in [-0.39, 0.29) is 35.9 Å². The molecule has 0 aromatic heterocycles. The first-order valence-electron chi connectivity index (χ1n) is 10.5. The Labute approximate surface area is 195 Å². The monoisotopic (exact) mass is 490 g/mol. The van der Waals surface area contributed by atoms with Crippen molar-refractivity contribution in [3.8, 4) is 17.2 Å². The Morgan fingerprint density at radius 3 is 2.59 bits per heavy atom. The maximum Gasteiger partial charge on any atom is 0.307 e. The molecule has 0 atom stereocenters. The second kappa shape index (κ2) is 10.1. The van der Waals surface area contributed by atoms with Crippen LogP contribution in [0.25, 0.3) is 0 Å². The summed E-state index contributed by atoms with van der Waals surface area (Å²) in [5.74, 6) is -0.315. The number of rotatable bonds is 8. The Kier molecular flexibility index (Phi) is 6.98. The number of ether oxygens (including phenoxy) is 4. The summed E-state index contributed by atoms with van der Waals surface area (Å²) >= 11 is 0. The second-order valence-corrected chi connectivity index (χ2v) is 9.21. The summed E-state index contributed by atoms with van der Waals surface area (Å²) in [6.07, 6.45) is 0.419. The van der Waals surface area contributed by atoms with Crippen molar-refractivity contribution < 1.29 is 41.7 Å². The highest BCUT2D eigenvalue weighted by molar-refractivity contribution is 7.89. The standard InChI is InChI=1S/C22H22N2O9S/c25-17(14-2-4-18-16(10-14)24-21(26)13-32-18)12-33-22(27)6-7-23-34(28,29)15-3-5-19-20(11-15)31-9-1-8-30-19/h2-5,10-11,23H,1,6-9,12-13H2,(H,24,26). The normalized spacial score (nSPS) is 14.8. The van der Waals surface area contributed by atoms with E-state index in [4.69, 9.17) is 18.9 Å². The average Bonchev–Trinajstić information content (AvgIpc) is 3.07. The Morgan fingerprint density at radius 2 is 1.76 bits per heavy atom. The van der Waals surface area contributed by atoms with E-state index in [0.29, 0.717) is 42.6 Å². The van der Waals surface area contributed by atoms with Gasteiger partial charge in [-0.25, -0.2) is 13.1 Å². The molecule has 2 heterocycles. The quantitative estimate of drug-likeness (QED) is 0.412. The average molecular weight is 490 g/mol. The molecule has 0 saturated carbocycles. The summed E-state index contributed by atoms with van der Waals surface area (Å²) in [7, 11) is -3.90.